The van der Waals surface area contributed by atoms with E-state index in [1.54, 1.807) is 0 Å². The minimum absolute atomic E-state index is 0.160. The summed E-state index contributed by atoms with van der Waals surface area (Å²) in [4.78, 5) is 16.6. The molecule has 1 aliphatic rings. The van der Waals surface area contributed by atoms with Gasteiger partial charge in [0, 0.05) is 26.2 Å². The van der Waals surface area contributed by atoms with E-state index >= 15 is 0 Å². The van der Waals surface area contributed by atoms with Gasteiger partial charge in [0.05, 0.1) is 6.04 Å². The fourth-order valence-electron chi connectivity index (χ4n) is 3.05. The van der Waals surface area contributed by atoms with Crippen molar-refractivity contribution in [2.75, 3.05) is 26.2 Å². The van der Waals surface area contributed by atoms with Crippen molar-refractivity contribution in [3.05, 3.63) is 35.9 Å². The lowest BCUT2D eigenvalue weighted by Gasteiger charge is -2.26. The number of aliphatic hydroxyl groups excluding tert-OH is 1. The van der Waals surface area contributed by atoms with Gasteiger partial charge < -0.3 is 14.9 Å². The molecule has 0 aliphatic carbocycles. The molecule has 1 aromatic carbocycles. The first kappa shape index (κ1) is 16.8. The third-order valence-corrected chi connectivity index (χ3v) is 4.41. The van der Waals surface area contributed by atoms with Crippen LogP contribution in [-0.4, -0.2) is 53.2 Å². The molecule has 1 fully saturated rings. The van der Waals surface area contributed by atoms with E-state index in [0.29, 0.717) is 12.0 Å². The van der Waals surface area contributed by atoms with Gasteiger partial charge in [0.15, 0.2) is 0 Å². The minimum Gasteiger partial charge on any atom is -0.396 e. The van der Waals surface area contributed by atoms with E-state index in [4.69, 9.17) is 5.11 Å². The normalized spacial score (nSPS) is 18.5. The topological polar surface area (TPSA) is 43.8 Å². The maximum atomic E-state index is 12.6. The van der Waals surface area contributed by atoms with Crippen molar-refractivity contribution in [3.8, 4) is 0 Å². The van der Waals surface area contributed by atoms with Crippen LogP contribution in [0.5, 0.6) is 0 Å². The van der Waals surface area contributed by atoms with Crippen LogP contribution in [0, 0.1) is 5.92 Å². The maximum absolute atomic E-state index is 12.6. The van der Waals surface area contributed by atoms with Crippen molar-refractivity contribution in [3.63, 3.8) is 0 Å². The molecule has 0 unspecified atom stereocenters. The molecule has 1 heterocycles. The number of hydrogen-bond donors (Lipinski definition) is 1. The molecule has 0 radical (unpaired) electrons. The number of benzene rings is 1. The van der Waals surface area contributed by atoms with Gasteiger partial charge in [-0.2, -0.15) is 0 Å². The average Bonchev–Trinajstić information content (AvgIpc) is 2.83. The monoisotopic (exact) mass is 304 g/mol. The summed E-state index contributed by atoms with van der Waals surface area (Å²) in [5.74, 6) is 0.461. The second kappa shape index (κ2) is 8.18. The Labute approximate surface area is 133 Å². The van der Waals surface area contributed by atoms with Gasteiger partial charge >= 0.3 is 6.03 Å². The Morgan fingerprint density at radius 1 is 1.18 bits per heavy atom. The van der Waals surface area contributed by atoms with Crippen LogP contribution in [0.15, 0.2) is 30.3 Å². The molecule has 2 rings (SSSR count). The molecule has 22 heavy (non-hydrogen) atoms. The molecule has 4 nitrogen and oxygen atoms in total. The van der Waals surface area contributed by atoms with Crippen LogP contribution in [-0.2, 0) is 6.42 Å². The van der Waals surface area contributed by atoms with E-state index < -0.39 is 0 Å². The minimum atomic E-state index is 0.160. The van der Waals surface area contributed by atoms with E-state index in [1.165, 1.54) is 5.56 Å². The fraction of sp³-hybridized carbons (Fsp3) is 0.611. The van der Waals surface area contributed by atoms with Gasteiger partial charge in [-0.05, 0) is 30.7 Å². The van der Waals surface area contributed by atoms with Gasteiger partial charge in [0.25, 0.3) is 0 Å². The third kappa shape index (κ3) is 4.23. The molecule has 1 saturated heterocycles. The fourth-order valence-corrected chi connectivity index (χ4v) is 3.05. The molecule has 0 saturated carbocycles. The highest BCUT2D eigenvalue weighted by Gasteiger charge is 2.37. The van der Waals surface area contributed by atoms with E-state index in [9.17, 15) is 4.79 Å². The van der Waals surface area contributed by atoms with Crippen LogP contribution in [0.3, 0.4) is 0 Å². The van der Waals surface area contributed by atoms with Crippen molar-refractivity contribution in [1.29, 1.82) is 0 Å². The highest BCUT2D eigenvalue weighted by molar-refractivity contribution is 5.77. The first-order valence-electron chi connectivity index (χ1n) is 8.33. The molecule has 0 spiro atoms. The number of unbranched alkanes of at least 4 members (excludes halogenated alkanes) is 1. The molecule has 4 heteroatoms. The summed E-state index contributed by atoms with van der Waals surface area (Å²) in [7, 11) is 0. The van der Waals surface area contributed by atoms with Crippen molar-refractivity contribution in [2.24, 2.45) is 5.92 Å². The summed E-state index contributed by atoms with van der Waals surface area (Å²) in [5, 5.41) is 8.89. The number of nitrogens with zero attached hydrogens (tertiary/aromatic N) is 2. The predicted octanol–water partition coefficient (Wildman–Crippen LogP) is 2.76. The Morgan fingerprint density at radius 2 is 1.91 bits per heavy atom. The first-order valence-corrected chi connectivity index (χ1v) is 8.33. The average molecular weight is 304 g/mol. The van der Waals surface area contributed by atoms with E-state index in [2.05, 4.69) is 26.0 Å². The number of carbonyl (C=O) groups excluding carboxylic acids is 1. The van der Waals surface area contributed by atoms with Crippen LogP contribution in [0.2, 0.25) is 0 Å². The summed E-state index contributed by atoms with van der Waals surface area (Å²) < 4.78 is 0. The number of carbonyl (C=O) groups is 1. The van der Waals surface area contributed by atoms with Gasteiger partial charge in [-0.15, -0.1) is 0 Å². The molecular formula is C18H28N2O2. The zero-order valence-electron chi connectivity index (χ0n) is 13.7. The lowest BCUT2D eigenvalue weighted by molar-refractivity contribution is 0.179. The summed E-state index contributed by atoms with van der Waals surface area (Å²) in [6.45, 7) is 6.92. The highest BCUT2D eigenvalue weighted by atomic mass is 16.3. The first-order chi connectivity index (χ1) is 10.6. The van der Waals surface area contributed by atoms with Crippen LogP contribution in [0.25, 0.3) is 0 Å². The molecule has 1 N–H and O–H groups in total. The van der Waals surface area contributed by atoms with Gasteiger partial charge in [-0.1, -0.05) is 44.2 Å². The lowest BCUT2D eigenvalue weighted by Crippen LogP contribution is -2.39. The molecule has 1 aliphatic heterocycles. The second-order valence-electron chi connectivity index (χ2n) is 6.40. The Kier molecular flexibility index (Phi) is 6.25. The van der Waals surface area contributed by atoms with Gasteiger partial charge in [0.1, 0.15) is 0 Å². The number of hydrogen-bond acceptors (Lipinski definition) is 2. The zero-order valence-corrected chi connectivity index (χ0v) is 13.7. The van der Waals surface area contributed by atoms with Gasteiger partial charge in [-0.25, -0.2) is 4.79 Å². The van der Waals surface area contributed by atoms with Gasteiger partial charge in [0.2, 0.25) is 0 Å². The molecule has 0 aromatic heterocycles. The molecule has 1 atom stereocenters. The lowest BCUT2D eigenvalue weighted by atomic mass is 10.0. The summed E-state index contributed by atoms with van der Waals surface area (Å²) in [5.41, 5.74) is 1.27. The SMILES string of the molecule is CC(C)[C@H]1CN(CCCCO)C(=O)N1CCc1ccccc1. The summed E-state index contributed by atoms with van der Waals surface area (Å²) in [6.07, 6.45) is 2.54. The Balaban J connectivity index is 1.95. The van der Waals surface area contributed by atoms with E-state index in [1.807, 2.05) is 28.0 Å². The molecule has 122 valence electrons. The number of aliphatic hydroxyl groups is 1. The zero-order chi connectivity index (χ0) is 15.9. The largest absolute Gasteiger partial charge is 0.396 e. The molecular weight excluding hydrogens is 276 g/mol. The third-order valence-electron chi connectivity index (χ3n) is 4.41. The number of amides is 2. The second-order valence-corrected chi connectivity index (χ2v) is 6.40. The molecule has 0 bridgehead atoms. The van der Waals surface area contributed by atoms with Crippen LogP contribution in [0.4, 0.5) is 4.79 Å². The molecule has 1 aromatic rings. The van der Waals surface area contributed by atoms with Crippen molar-refractivity contribution in [2.45, 2.75) is 39.2 Å². The van der Waals surface area contributed by atoms with E-state index in [0.717, 1.165) is 38.9 Å². The smallest absolute Gasteiger partial charge is 0.320 e. The Bertz CT molecular complexity index is 461. The molecule has 2 amide bonds. The van der Waals surface area contributed by atoms with Crippen LogP contribution >= 0.6 is 0 Å². The number of urea groups is 1. The Morgan fingerprint density at radius 3 is 2.55 bits per heavy atom. The van der Waals surface area contributed by atoms with Crippen molar-refractivity contribution in [1.82, 2.24) is 9.80 Å². The predicted molar refractivity (Wildman–Crippen MR) is 88.8 cm³/mol. The van der Waals surface area contributed by atoms with E-state index in [-0.39, 0.29) is 12.6 Å². The quantitative estimate of drug-likeness (QED) is 0.751. The van der Waals surface area contributed by atoms with Crippen LogP contribution < -0.4 is 0 Å². The highest BCUT2D eigenvalue weighted by Crippen LogP contribution is 2.23. The van der Waals surface area contributed by atoms with Crippen LogP contribution in [0.1, 0.15) is 32.3 Å². The van der Waals surface area contributed by atoms with Crippen molar-refractivity contribution >= 4 is 6.03 Å². The van der Waals surface area contributed by atoms with Gasteiger partial charge in [-0.3, -0.25) is 0 Å². The van der Waals surface area contributed by atoms with Crippen molar-refractivity contribution < 1.29 is 9.90 Å². The summed E-state index contributed by atoms with van der Waals surface area (Å²) in [6, 6.07) is 10.8. The maximum Gasteiger partial charge on any atom is 0.320 e. The number of rotatable bonds is 8. The summed E-state index contributed by atoms with van der Waals surface area (Å²) >= 11 is 0. The standard InChI is InChI=1S/C18H28N2O2/c1-15(2)17-14-19(11-6-7-13-21)18(22)20(17)12-10-16-8-4-3-5-9-16/h3-5,8-9,15,17,21H,6-7,10-14H2,1-2H3/t17-/m1/s1. The Hall–Kier alpha value is -1.55.